The second-order valence-corrected chi connectivity index (χ2v) is 6.54. The van der Waals surface area contributed by atoms with E-state index in [1.165, 1.54) is 25.8 Å². The van der Waals surface area contributed by atoms with E-state index in [2.05, 4.69) is 25.7 Å². The molecule has 0 radical (unpaired) electrons. The molecule has 16 heavy (non-hydrogen) atoms. The predicted molar refractivity (Wildman–Crippen MR) is 66.4 cm³/mol. The van der Waals surface area contributed by atoms with Crippen molar-refractivity contribution in [2.24, 2.45) is 11.1 Å². The van der Waals surface area contributed by atoms with Crippen LogP contribution in [0.3, 0.4) is 0 Å². The largest absolute Gasteiger partial charge is 0.371 e. The summed E-state index contributed by atoms with van der Waals surface area (Å²) in [6.45, 7) is 10.9. The van der Waals surface area contributed by atoms with Gasteiger partial charge in [0, 0.05) is 13.1 Å². The maximum Gasteiger partial charge on any atom is 0.0710 e. The Hall–Kier alpha value is -0.120. The molecule has 0 spiro atoms. The molecule has 2 N–H and O–H groups in total. The summed E-state index contributed by atoms with van der Waals surface area (Å²) in [6, 6.07) is 0. The Morgan fingerprint density at radius 1 is 1.31 bits per heavy atom. The van der Waals surface area contributed by atoms with Crippen LogP contribution in [0.4, 0.5) is 0 Å². The van der Waals surface area contributed by atoms with Crippen molar-refractivity contribution in [3.8, 4) is 0 Å². The van der Waals surface area contributed by atoms with Gasteiger partial charge in [0.25, 0.3) is 0 Å². The summed E-state index contributed by atoms with van der Waals surface area (Å²) in [5, 5.41) is 0. The second kappa shape index (κ2) is 4.28. The first kappa shape index (κ1) is 12.3. The maximum atomic E-state index is 6.04. The number of nitrogens with zero attached hydrogens (tertiary/aromatic N) is 1. The van der Waals surface area contributed by atoms with Crippen LogP contribution in [0.1, 0.15) is 40.0 Å². The van der Waals surface area contributed by atoms with E-state index >= 15 is 0 Å². The molecule has 2 atom stereocenters. The molecule has 0 amide bonds. The number of ether oxygens (including phenoxy) is 1. The third kappa shape index (κ3) is 2.76. The molecule has 2 aliphatic rings. The smallest absolute Gasteiger partial charge is 0.0710 e. The molecular formula is C13H26N2O. The monoisotopic (exact) mass is 226 g/mol. The lowest BCUT2D eigenvalue weighted by molar-refractivity contribution is -0.0270. The van der Waals surface area contributed by atoms with Crippen molar-refractivity contribution in [3.63, 3.8) is 0 Å². The average Bonchev–Trinajstić information content (AvgIpc) is 2.72. The molecule has 0 aromatic rings. The highest BCUT2D eigenvalue weighted by Gasteiger charge is 2.37. The molecule has 2 aliphatic heterocycles. The van der Waals surface area contributed by atoms with Crippen LogP contribution < -0.4 is 5.73 Å². The zero-order valence-electron chi connectivity index (χ0n) is 11.0. The lowest BCUT2D eigenvalue weighted by Crippen LogP contribution is -2.35. The van der Waals surface area contributed by atoms with Crippen LogP contribution in [0.15, 0.2) is 0 Å². The molecule has 0 aliphatic carbocycles. The van der Waals surface area contributed by atoms with E-state index in [0.717, 1.165) is 19.6 Å². The molecule has 0 bridgehead atoms. The Morgan fingerprint density at radius 3 is 2.56 bits per heavy atom. The SMILES string of the molecule is CC1(CN)CCN(CC2CCC(C)(C)O2)C1. The van der Waals surface area contributed by atoms with Crippen LogP contribution in [-0.4, -0.2) is 42.8 Å². The number of nitrogens with two attached hydrogens (primary N) is 1. The molecule has 0 aromatic heterocycles. The molecule has 2 saturated heterocycles. The fourth-order valence-corrected chi connectivity index (χ4v) is 2.94. The molecule has 3 heteroatoms. The van der Waals surface area contributed by atoms with Crippen molar-refractivity contribution >= 4 is 0 Å². The first-order chi connectivity index (χ1) is 7.42. The van der Waals surface area contributed by atoms with Crippen molar-refractivity contribution in [2.75, 3.05) is 26.2 Å². The van der Waals surface area contributed by atoms with Crippen molar-refractivity contribution in [1.29, 1.82) is 0 Å². The van der Waals surface area contributed by atoms with Gasteiger partial charge in [0.2, 0.25) is 0 Å². The molecule has 2 heterocycles. The minimum atomic E-state index is 0.0988. The normalized spacial score (nSPS) is 39.4. The summed E-state index contributed by atoms with van der Waals surface area (Å²) in [6.07, 6.45) is 4.08. The third-order valence-electron chi connectivity index (χ3n) is 4.15. The fourth-order valence-electron chi connectivity index (χ4n) is 2.94. The Labute approximate surface area is 99.3 Å². The van der Waals surface area contributed by atoms with Crippen LogP contribution in [0.5, 0.6) is 0 Å². The quantitative estimate of drug-likeness (QED) is 0.794. The predicted octanol–water partition coefficient (Wildman–Crippen LogP) is 1.61. The first-order valence-electron chi connectivity index (χ1n) is 6.53. The Morgan fingerprint density at radius 2 is 2.06 bits per heavy atom. The van der Waals surface area contributed by atoms with E-state index in [9.17, 15) is 0 Å². The molecule has 2 unspecified atom stereocenters. The highest BCUT2D eigenvalue weighted by molar-refractivity contribution is 4.90. The standard InChI is InChI=1S/C13H26N2O/c1-12(2)5-4-11(16-12)8-15-7-6-13(3,9-14)10-15/h11H,4-10,14H2,1-3H3. The average molecular weight is 226 g/mol. The van der Waals surface area contributed by atoms with Gasteiger partial charge >= 0.3 is 0 Å². The molecule has 0 aromatic carbocycles. The van der Waals surface area contributed by atoms with Crippen LogP contribution >= 0.6 is 0 Å². The van der Waals surface area contributed by atoms with Crippen LogP contribution in [0.2, 0.25) is 0 Å². The first-order valence-corrected chi connectivity index (χ1v) is 6.53. The summed E-state index contributed by atoms with van der Waals surface area (Å²) in [7, 11) is 0. The van der Waals surface area contributed by atoms with Gasteiger partial charge in [-0.2, -0.15) is 0 Å². The van der Waals surface area contributed by atoms with E-state index in [1.54, 1.807) is 0 Å². The van der Waals surface area contributed by atoms with Crippen LogP contribution in [-0.2, 0) is 4.74 Å². The van der Waals surface area contributed by atoms with Gasteiger partial charge in [-0.25, -0.2) is 0 Å². The van der Waals surface area contributed by atoms with Gasteiger partial charge in [0.15, 0.2) is 0 Å². The summed E-state index contributed by atoms with van der Waals surface area (Å²) in [4.78, 5) is 2.53. The summed E-state index contributed by atoms with van der Waals surface area (Å²) in [5.74, 6) is 0. The molecule has 3 nitrogen and oxygen atoms in total. The van der Waals surface area contributed by atoms with E-state index in [0.29, 0.717) is 11.5 Å². The number of likely N-dealkylation sites (tertiary alicyclic amines) is 1. The van der Waals surface area contributed by atoms with Gasteiger partial charge in [-0.3, -0.25) is 0 Å². The minimum Gasteiger partial charge on any atom is -0.371 e. The van der Waals surface area contributed by atoms with Crippen LogP contribution in [0.25, 0.3) is 0 Å². The summed E-state index contributed by atoms with van der Waals surface area (Å²) >= 11 is 0. The Balaban J connectivity index is 1.80. The zero-order chi connectivity index (χ0) is 11.8. The molecule has 94 valence electrons. The lowest BCUT2D eigenvalue weighted by atomic mass is 9.90. The molecule has 2 fully saturated rings. The highest BCUT2D eigenvalue weighted by Crippen LogP contribution is 2.33. The third-order valence-corrected chi connectivity index (χ3v) is 4.15. The summed E-state index contributed by atoms with van der Waals surface area (Å²) in [5.41, 5.74) is 6.26. The Kier molecular flexibility index (Phi) is 3.30. The van der Waals surface area contributed by atoms with Gasteiger partial charge in [-0.05, 0) is 51.6 Å². The topological polar surface area (TPSA) is 38.5 Å². The van der Waals surface area contributed by atoms with Crippen molar-refractivity contribution in [1.82, 2.24) is 4.90 Å². The van der Waals surface area contributed by atoms with E-state index < -0.39 is 0 Å². The van der Waals surface area contributed by atoms with Gasteiger partial charge in [-0.15, -0.1) is 0 Å². The van der Waals surface area contributed by atoms with Gasteiger partial charge in [-0.1, -0.05) is 6.92 Å². The summed E-state index contributed by atoms with van der Waals surface area (Å²) < 4.78 is 6.04. The maximum absolute atomic E-state index is 6.04. The number of rotatable bonds is 3. The van der Waals surface area contributed by atoms with Gasteiger partial charge in [0.1, 0.15) is 0 Å². The number of hydrogen-bond acceptors (Lipinski definition) is 3. The molecular weight excluding hydrogens is 200 g/mol. The fraction of sp³-hybridized carbons (Fsp3) is 1.00. The molecule has 2 rings (SSSR count). The van der Waals surface area contributed by atoms with Crippen molar-refractivity contribution < 1.29 is 4.74 Å². The van der Waals surface area contributed by atoms with E-state index in [4.69, 9.17) is 10.5 Å². The second-order valence-electron chi connectivity index (χ2n) is 6.54. The van der Waals surface area contributed by atoms with Gasteiger partial charge < -0.3 is 15.4 Å². The molecule has 0 saturated carbocycles. The van der Waals surface area contributed by atoms with Gasteiger partial charge in [0.05, 0.1) is 11.7 Å². The minimum absolute atomic E-state index is 0.0988. The van der Waals surface area contributed by atoms with E-state index in [1.807, 2.05) is 0 Å². The van der Waals surface area contributed by atoms with E-state index in [-0.39, 0.29) is 5.60 Å². The van der Waals surface area contributed by atoms with Crippen LogP contribution in [0, 0.1) is 5.41 Å². The lowest BCUT2D eigenvalue weighted by Gasteiger charge is -2.25. The Bertz CT molecular complexity index is 254. The highest BCUT2D eigenvalue weighted by atomic mass is 16.5. The van der Waals surface area contributed by atoms with Crippen molar-refractivity contribution in [3.05, 3.63) is 0 Å². The zero-order valence-corrected chi connectivity index (χ0v) is 11.0. The number of hydrogen-bond donors (Lipinski definition) is 1. The van der Waals surface area contributed by atoms with Crippen molar-refractivity contribution in [2.45, 2.75) is 51.7 Å².